The van der Waals surface area contributed by atoms with Crippen molar-refractivity contribution in [3.63, 3.8) is 0 Å². The first-order valence-corrected chi connectivity index (χ1v) is 9.53. The monoisotopic (exact) mass is 373 g/mol. The summed E-state index contributed by atoms with van der Waals surface area (Å²) in [4.78, 5) is 23.3. The van der Waals surface area contributed by atoms with E-state index in [9.17, 15) is 4.79 Å². The van der Waals surface area contributed by atoms with E-state index in [1.54, 1.807) is 12.4 Å². The maximum atomic E-state index is 12.9. The highest BCUT2D eigenvalue weighted by Gasteiger charge is 2.24. The lowest BCUT2D eigenvalue weighted by molar-refractivity contribution is 0.0714. The topological polar surface area (TPSA) is 70.2 Å². The van der Waals surface area contributed by atoms with Gasteiger partial charge in [-0.25, -0.2) is 9.97 Å². The van der Waals surface area contributed by atoms with Crippen molar-refractivity contribution in [2.45, 2.75) is 18.9 Å². The zero-order valence-electron chi connectivity index (χ0n) is 15.6. The number of carbonyl (C=O) groups is 1. The van der Waals surface area contributed by atoms with Gasteiger partial charge in [0.2, 0.25) is 5.95 Å². The van der Waals surface area contributed by atoms with Crippen molar-refractivity contribution in [1.29, 1.82) is 0 Å². The Labute approximate surface area is 164 Å². The Hall–Kier alpha value is -3.41. The van der Waals surface area contributed by atoms with Crippen molar-refractivity contribution < 1.29 is 4.79 Å². The van der Waals surface area contributed by atoms with Gasteiger partial charge in [0.05, 0.1) is 5.56 Å². The number of para-hydroxylation sites is 2. The predicted molar refractivity (Wildman–Crippen MR) is 111 cm³/mol. The first-order valence-electron chi connectivity index (χ1n) is 9.53. The quantitative estimate of drug-likeness (QED) is 0.709. The molecule has 2 heterocycles. The Morgan fingerprint density at radius 3 is 2.25 bits per heavy atom. The molecule has 6 heteroatoms. The summed E-state index contributed by atoms with van der Waals surface area (Å²) in [5.74, 6) is 0.454. The Bertz CT molecular complexity index is 899. The van der Waals surface area contributed by atoms with Gasteiger partial charge in [0.1, 0.15) is 0 Å². The number of nitrogens with zero attached hydrogens (tertiary/aromatic N) is 3. The molecule has 3 aromatic rings. The van der Waals surface area contributed by atoms with Crippen LogP contribution in [-0.2, 0) is 0 Å². The van der Waals surface area contributed by atoms with Crippen LogP contribution in [0.2, 0.25) is 0 Å². The fourth-order valence-corrected chi connectivity index (χ4v) is 3.39. The fourth-order valence-electron chi connectivity index (χ4n) is 3.39. The highest BCUT2D eigenvalue weighted by Crippen LogP contribution is 2.18. The van der Waals surface area contributed by atoms with Gasteiger partial charge < -0.3 is 15.5 Å². The molecule has 28 heavy (non-hydrogen) atoms. The van der Waals surface area contributed by atoms with Crippen LogP contribution in [0.3, 0.4) is 0 Å². The second-order valence-electron chi connectivity index (χ2n) is 6.89. The lowest BCUT2D eigenvalue weighted by Gasteiger charge is -2.33. The molecule has 1 saturated heterocycles. The first kappa shape index (κ1) is 18.0. The average molecular weight is 373 g/mol. The highest BCUT2D eigenvalue weighted by molar-refractivity contribution is 5.93. The lowest BCUT2D eigenvalue weighted by Crippen LogP contribution is -2.45. The molecule has 1 atom stereocenters. The molecule has 0 saturated carbocycles. The molecule has 1 aromatic heterocycles. The first-order chi connectivity index (χ1) is 13.8. The molecule has 142 valence electrons. The number of benzene rings is 2. The standard InChI is InChI=1S/C22H23N5O/c28-21(17-14-23-22(24-15-17)26-19-10-5-2-6-11-19)27-13-7-12-20(16-27)25-18-8-3-1-4-9-18/h1-6,8-11,14-15,20,25H,7,12-13,16H2,(H,23,24,26)/t20-/m0/s1. The van der Waals surface area contributed by atoms with Crippen molar-refractivity contribution in [2.24, 2.45) is 0 Å². The van der Waals surface area contributed by atoms with Gasteiger partial charge in [-0.15, -0.1) is 0 Å². The molecule has 2 N–H and O–H groups in total. The third-order valence-corrected chi connectivity index (χ3v) is 4.78. The maximum absolute atomic E-state index is 12.9. The molecule has 0 spiro atoms. The number of nitrogens with one attached hydrogen (secondary N) is 2. The number of hydrogen-bond donors (Lipinski definition) is 2. The van der Waals surface area contributed by atoms with Crippen molar-refractivity contribution in [2.75, 3.05) is 23.7 Å². The zero-order valence-corrected chi connectivity index (χ0v) is 15.6. The Balaban J connectivity index is 1.38. The number of aromatic nitrogens is 2. The van der Waals surface area contributed by atoms with E-state index in [0.717, 1.165) is 30.8 Å². The number of piperidine rings is 1. The van der Waals surface area contributed by atoms with Gasteiger partial charge in [-0.2, -0.15) is 0 Å². The van der Waals surface area contributed by atoms with E-state index < -0.39 is 0 Å². The van der Waals surface area contributed by atoms with Gasteiger partial charge in [0, 0.05) is 42.9 Å². The molecular weight excluding hydrogens is 350 g/mol. The SMILES string of the molecule is O=C(c1cnc(Nc2ccccc2)nc1)N1CCC[C@H](Nc2ccccc2)C1. The second-order valence-corrected chi connectivity index (χ2v) is 6.89. The summed E-state index contributed by atoms with van der Waals surface area (Å²) in [5.41, 5.74) is 2.51. The van der Waals surface area contributed by atoms with Gasteiger partial charge in [-0.1, -0.05) is 36.4 Å². The predicted octanol–water partition coefficient (Wildman–Crippen LogP) is 3.94. The molecule has 0 radical (unpaired) electrons. The summed E-state index contributed by atoms with van der Waals surface area (Å²) in [6.45, 7) is 1.44. The van der Waals surface area contributed by atoms with Gasteiger partial charge in [0.15, 0.2) is 0 Å². The lowest BCUT2D eigenvalue weighted by atomic mass is 10.0. The van der Waals surface area contributed by atoms with Crippen LogP contribution in [0.4, 0.5) is 17.3 Å². The third-order valence-electron chi connectivity index (χ3n) is 4.78. The van der Waals surface area contributed by atoms with E-state index >= 15 is 0 Å². The van der Waals surface area contributed by atoms with E-state index in [4.69, 9.17) is 0 Å². The van der Waals surface area contributed by atoms with Crippen LogP contribution >= 0.6 is 0 Å². The van der Waals surface area contributed by atoms with Gasteiger partial charge in [-0.3, -0.25) is 4.79 Å². The number of carbonyl (C=O) groups excluding carboxylic acids is 1. The average Bonchev–Trinajstić information content (AvgIpc) is 2.75. The largest absolute Gasteiger partial charge is 0.381 e. The molecule has 0 unspecified atom stereocenters. The van der Waals surface area contributed by atoms with Crippen molar-refractivity contribution in [3.05, 3.63) is 78.6 Å². The smallest absolute Gasteiger partial charge is 0.257 e. The van der Waals surface area contributed by atoms with E-state index in [1.807, 2.05) is 65.6 Å². The van der Waals surface area contributed by atoms with Crippen LogP contribution in [-0.4, -0.2) is 39.9 Å². The molecule has 1 fully saturated rings. The van der Waals surface area contributed by atoms with Crippen molar-refractivity contribution in [3.8, 4) is 0 Å². The van der Waals surface area contributed by atoms with Crippen molar-refractivity contribution in [1.82, 2.24) is 14.9 Å². The van der Waals surface area contributed by atoms with Crippen LogP contribution in [0.25, 0.3) is 0 Å². The van der Waals surface area contributed by atoms with Gasteiger partial charge in [-0.05, 0) is 37.1 Å². The number of amides is 1. The van der Waals surface area contributed by atoms with Crippen LogP contribution in [0.5, 0.6) is 0 Å². The third kappa shape index (κ3) is 4.46. The maximum Gasteiger partial charge on any atom is 0.257 e. The number of rotatable bonds is 5. The summed E-state index contributed by atoms with van der Waals surface area (Å²) >= 11 is 0. The van der Waals surface area contributed by atoms with E-state index in [1.165, 1.54) is 0 Å². The van der Waals surface area contributed by atoms with Crippen molar-refractivity contribution >= 4 is 23.2 Å². The van der Waals surface area contributed by atoms with E-state index in [-0.39, 0.29) is 11.9 Å². The summed E-state index contributed by atoms with van der Waals surface area (Å²) < 4.78 is 0. The highest BCUT2D eigenvalue weighted by atomic mass is 16.2. The normalized spacial score (nSPS) is 16.4. The summed E-state index contributed by atoms with van der Waals surface area (Å²) in [6.07, 6.45) is 5.21. The van der Waals surface area contributed by atoms with Crippen LogP contribution in [0.15, 0.2) is 73.1 Å². The minimum atomic E-state index is -0.0224. The van der Waals surface area contributed by atoms with E-state index in [2.05, 4.69) is 20.6 Å². The number of hydrogen-bond acceptors (Lipinski definition) is 5. The van der Waals surface area contributed by atoms with Crippen LogP contribution in [0.1, 0.15) is 23.2 Å². The molecule has 1 amide bonds. The van der Waals surface area contributed by atoms with Gasteiger partial charge in [0.25, 0.3) is 5.91 Å². The van der Waals surface area contributed by atoms with Crippen LogP contribution in [0, 0.1) is 0 Å². The van der Waals surface area contributed by atoms with Crippen LogP contribution < -0.4 is 10.6 Å². The molecule has 2 aromatic carbocycles. The minimum Gasteiger partial charge on any atom is -0.381 e. The molecule has 4 rings (SSSR count). The summed E-state index contributed by atoms with van der Waals surface area (Å²) in [7, 11) is 0. The molecule has 6 nitrogen and oxygen atoms in total. The zero-order chi connectivity index (χ0) is 19.2. The number of likely N-dealkylation sites (tertiary alicyclic amines) is 1. The van der Waals surface area contributed by atoms with Gasteiger partial charge >= 0.3 is 0 Å². The Morgan fingerprint density at radius 2 is 1.57 bits per heavy atom. The van der Waals surface area contributed by atoms with E-state index in [0.29, 0.717) is 18.1 Å². The minimum absolute atomic E-state index is 0.0224. The second kappa shape index (κ2) is 8.52. The Morgan fingerprint density at radius 1 is 0.929 bits per heavy atom. The molecule has 1 aliphatic heterocycles. The molecule has 0 aliphatic carbocycles. The molecule has 1 aliphatic rings. The summed E-state index contributed by atoms with van der Waals surface area (Å²) in [5, 5.41) is 6.65. The summed E-state index contributed by atoms with van der Waals surface area (Å²) in [6, 6.07) is 20.1. The number of anilines is 3. The Kier molecular flexibility index (Phi) is 5.47. The molecule has 0 bridgehead atoms. The molecular formula is C22H23N5O. The fraction of sp³-hybridized carbons (Fsp3) is 0.227.